The van der Waals surface area contributed by atoms with Crippen LogP contribution in [0.5, 0.6) is 0 Å². The summed E-state index contributed by atoms with van der Waals surface area (Å²) in [6.07, 6.45) is 2.41. The van der Waals surface area contributed by atoms with Crippen molar-refractivity contribution >= 4 is 45.1 Å². The monoisotopic (exact) mass is 292 g/mol. The van der Waals surface area contributed by atoms with E-state index in [-0.39, 0.29) is 11.7 Å². The lowest BCUT2D eigenvalue weighted by molar-refractivity contribution is -0.116. The first kappa shape index (κ1) is 12.1. The average Bonchev–Trinajstić information content (AvgIpc) is 2.21. The topological polar surface area (TPSA) is 17.1 Å². The molecule has 1 aromatic rings. The smallest absolute Gasteiger partial charge is 0.151 e. The van der Waals surface area contributed by atoms with Gasteiger partial charge in [-0.1, -0.05) is 12.1 Å². The van der Waals surface area contributed by atoms with Crippen LogP contribution in [-0.4, -0.2) is 17.9 Å². The molecule has 0 aromatic heterocycles. The molecule has 0 amide bonds. The van der Waals surface area contributed by atoms with E-state index in [0.717, 1.165) is 14.9 Å². The fraction of sp³-hybridized carbons (Fsp3) is 0.300. The van der Waals surface area contributed by atoms with Gasteiger partial charge in [0.05, 0.1) is 5.88 Å². The zero-order valence-corrected chi connectivity index (χ0v) is 10.9. The van der Waals surface area contributed by atoms with Crippen LogP contribution in [0, 0.1) is 0 Å². The maximum atomic E-state index is 11.2. The lowest BCUT2D eigenvalue weighted by Crippen LogP contribution is -2.04. The molecule has 1 aromatic carbocycles. The highest BCUT2D eigenvalue weighted by molar-refractivity contribution is 9.10. The van der Waals surface area contributed by atoms with E-state index in [1.807, 2.05) is 24.5 Å². The van der Waals surface area contributed by atoms with Gasteiger partial charge in [0.15, 0.2) is 5.78 Å². The van der Waals surface area contributed by atoms with Gasteiger partial charge in [-0.05, 0) is 33.8 Å². The number of alkyl halides is 1. The van der Waals surface area contributed by atoms with Crippen molar-refractivity contribution in [3.63, 3.8) is 0 Å². The van der Waals surface area contributed by atoms with E-state index in [1.54, 1.807) is 11.8 Å². The average molecular weight is 294 g/mol. The van der Waals surface area contributed by atoms with Crippen molar-refractivity contribution < 1.29 is 4.79 Å². The van der Waals surface area contributed by atoms with Crippen LogP contribution in [0.3, 0.4) is 0 Å². The van der Waals surface area contributed by atoms with E-state index in [4.69, 9.17) is 11.6 Å². The van der Waals surface area contributed by atoms with Crippen molar-refractivity contribution in [2.75, 3.05) is 12.1 Å². The molecule has 0 radical (unpaired) electrons. The fourth-order valence-corrected chi connectivity index (χ4v) is 2.62. The number of Topliss-reactive ketones (excluding diaryl/α,β-unsaturated/α-hetero) is 1. The zero-order valence-electron chi connectivity index (χ0n) is 7.72. The molecule has 4 heteroatoms. The van der Waals surface area contributed by atoms with E-state index in [0.29, 0.717) is 6.42 Å². The molecule has 0 saturated carbocycles. The van der Waals surface area contributed by atoms with Crippen molar-refractivity contribution in [2.24, 2.45) is 0 Å². The number of thioether (sulfide) groups is 1. The first-order valence-electron chi connectivity index (χ1n) is 4.08. The molecular formula is C10H10BrClOS. The molecule has 0 aliphatic carbocycles. The molecule has 0 atom stereocenters. The molecule has 0 aliphatic rings. The molecule has 0 saturated heterocycles. The second kappa shape index (κ2) is 5.79. The van der Waals surface area contributed by atoms with E-state index >= 15 is 0 Å². The van der Waals surface area contributed by atoms with Crippen LogP contribution in [-0.2, 0) is 11.2 Å². The van der Waals surface area contributed by atoms with Gasteiger partial charge in [-0.2, -0.15) is 0 Å². The lowest BCUT2D eigenvalue weighted by Gasteiger charge is -2.06. The Balaban J connectivity index is 2.92. The normalized spacial score (nSPS) is 10.2. The number of rotatable bonds is 4. The van der Waals surface area contributed by atoms with E-state index in [9.17, 15) is 4.79 Å². The largest absolute Gasteiger partial charge is 0.298 e. The van der Waals surface area contributed by atoms with Crippen LogP contribution in [0.2, 0.25) is 0 Å². The summed E-state index contributed by atoms with van der Waals surface area (Å²) in [4.78, 5) is 12.3. The van der Waals surface area contributed by atoms with Gasteiger partial charge in [0.1, 0.15) is 0 Å². The summed E-state index contributed by atoms with van der Waals surface area (Å²) in [7, 11) is 0. The van der Waals surface area contributed by atoms with Crippen LogP contribution < -0.4 is 0 Å². The fourth-order valence-electron chi connectivity index (χ4n) is 1.11. The number of carbonyl (C=O) groups excluding carboxylic acids is 1. The molecule has 0 spiro atoms. The Hall–Kier alpha value is 0.01000. The lowest BCUT2D eigenvalue weighted by atomic mass is 10.1. The van der Waals surface area contributed by atoms with Gasteiger partial charge in [0.25, 0.3) is 0 Å². The highest BCUT2D eigenvalue weighted by Gasteiger charge is 2.08. The number of hydrogen-bond donors (Lipinski definition) is 0. The molecule has 1 nitrogen and oxygen atoms in total. The van der Waals surface area contributed by atoms with Gasteiger partial charge < -0.3 is 0 Å². The van der Waals surface area contributed by atoms with Crippen LogP contribution >= 0.6 is 39.3 Å². The minimum atomic E-state index is 0.0469. The standard InChI is InChI=1S/C10H10BrClOS/c1-14-9-4-2-3-7(10(9)11)5-8(13)6-12/h2-4H,5-6H2,1H3. The quantitative estimate of drug-likeness (QED) is 0.624. The molecule has 0 heterocycles. The van der Waals surface area contributed by atoms with E-state index in [1.165, 1.54) is 0 Å². The predicted molar refractivity (Wildman–Crippen MR) is 65.4 cm³/mol. The summed E-state index contributed by atoms with van der Waals surface area (Å²) >= 11 is 10.6. The van der Waals surface area contributed by atoms with E-state index < -0.39 is 0 Å². The summed E-state index contributed by atoms with van der Waals surface area (Å²) in [6.45, 7) is 0. The number of hydrogen-bond acceptors (Lipinski definition) is 2. The van der Waals surface area contributed by atoms with Gasteiger partial charge in [-0.3, -0.25) is 4.79 Å². The molecule has 1 rings (SSSR count). The second-order valence-electron chi connectivity index (χ2n) is 2.78. The number of carbonyl (C=O) groups is 1. The Kier molecular flexibility index (Phi) is 4.99. The van der Waals surface area contributed by atoms with Crippen molar-refractivity contribution in [1.29, 1.82) is 0 Å². The molecule has 0 aliphatic heterocycles. The van der Waals surface area contributed by atoms with Crippen LogP contribution in [0.1, 0.15) is 5.56 Å². The van der Waals surface area contributed by atoms with Gasteiger partial charge >= 0.3 is 0 Å². The molecule has 0 fully saturated rings. The minimum Gasteiger partial charge on any atom is -0.298 e. The SMILES string of the molecule is CSc1cccc(CC(=O)CCl)c1Br. The van der Waals surface area contributed by atoms with Crippen LogP contribution in [0.25, 0.3) is 0 Å². The van der Waals surface area contributed by atoms with Gasteiger partial charge in [0.2, 0.25) is 0 Å². The van der Waals surface area contributed by atoms with Gasteiger partial charge in [-0.25, -0.2) is 0 Å². The Morgan fingerprint density at radius 3 is 2.86 bits per heavy atom. The second-order valence-corrected chi connectivity index (χ2v) is 4.69. The Bertz CT molecular complexity index is 341. The molecule has 14 heavy (non-hydrogen) atoms. The van der Waals surface area contributed by atoms with Gasteiger partial charge in [0, 0.05) is 15.8 Å². The van der Waals surface area contributed by atoms with Crippen LogP contribution in [0.4, 0.5) is 0 Å². The maximum Gasteiger partial charge on any atom is 0.151 e. The Morgan fingerprint density at radius 2 is 2.29 bits per heavy atom. The highest BCUT2D eigenvalue weighted by atomic mass is 79.9. The summed E-state index contributed by atoms with van der Waals surface area (Å²) in [5.41, 5.74) is 1.00. The molecule has 0 bridgehead atoms. The van der Waals surface area contributed by atoms with Crippen molar-refractivity contribution in [3.05, 3.63) is 28.2 Å². The zero-order chi connectivity index (χ0) is 10.6. The number of benzene rings is 1. The van der Waals surface area contributed by atoms with Crippen molar-refractivity contribution in [3.8, 4) is 0 Å². The number of ketones is 1. The summed E-state index contributed by atoms with van der Waals surface area (Å²) in [6, 6.07) is 5.91. The third kappa shape index (κ3) is 3.01. The third-order valence-corrected chi connectivity index (χ3v) is 4.08. The molecular weight excluding hydrogens is 284 g/mol. The maximum absolute atomic E-state index is 11.2. The first-order chi connectivity index (χ1) is 6.69. The highest BCUT2D eigenvalue weighted by Crippen LogP contribution is 2.29. The predicted octanol–water partition coefficient (Wildman–Crippen LogP) is 3.52. The van der Waals surface area contributed by atoms with Crippen LogP contribution in [0.15, 0.2) is 27.6 Å². The molecule has 0 N–H and O–H groups in total. The van der Waals surface area contributed by atoms with Gasteiger partial charge in [-0.15, -0.1) is 23.4 Å². The Labute approximate surface area is 101 Å². The Morgan fingerprint density at radius 1 is 1.57 bits per heavy atom. The molecule has 76 valence electrons. The van der Waals surface area contributed by atoms with E-state index in [2.05, 4.69) is 15.9 Å². The summed E-state index contributed by atoms with van der Waals surface area (Å²) < 4.78 is 1.01. The third-order valence-electron chi connectivity index (χ3n) is 1.80. The first-order valence-corrected chi connectivity index (χ1v) is 6.63. The summed E-state index contributed by atoms with van der Waals surface area (Å²) in [5.74, 6) is 0.126. The molecule has 0 unspecified atom stereocenters. The van der Waals surface area contributed by atoms with Crippen molar-refractivity contribution in [1.82, 2.24) is 0 Å². The summed E-state index contributed by atoms with van der Waals surface area (Å²) in [5, 5.41) is 0. The minimum absolute atomic E-state index is 0.0469. The van der Waals surface area contributed by atoms with Crippen molar-refractivity contribution in [2.45, 2.75) is 11.3 Å². The number of halogens is 2.